The largest absolute Gasteiger partial charge is 0.280 e. The zero-order valence-corrected chi connectivity index (χ0v) is 6.57. The van der Waals surface area contributed by atoms with Crippen molar-refractivity contribution in [3.05, 3.63) is 18.3 Å². The van der Waals surface area contributed by atoms with Gasteiger partial charge in [0.15, 0.2) is 13.5 Å². The third-order valence-electron chi connectivity index (χ3n) is 1.91. The lowest BCUT2D eigenvalue weighted by Crippen LogP contribution is -2.14. The minimum absolute atomic E-state index is 0.826. The molecule has 2 aromatic rings. The van der Waals surface area contributed by atoms with Crippen LogP contribution in [0.15, 0.2) is 18.3 Å². The quantitative estimate of drug-likeness (QED) is 0.455. The van der Waals surface area contributed by atoms with Crippen molar-refractivity contribution in [2.24, 2.45) is 7.05 Å². The van der Waals surface area contributed by atoms with Gasteiger partial charge in [-0.3, -0.25) is 4.68 Å². The van der Waals surface area contributed by atoms with E-state index in [0.717, 1.165) is 16.6 Å². The number of nitrogens with zero attached hydrogens (tertiary/aromatic N) is 3. The molecule has 0 saturated carbocycles. The van der Waals surface area contributed by atoms with Crippen LogP contribution in [0.1, 0.15) is 0 Å². The van der Waals surface area contributed by atoms with Gasteiger partial charge in [0.2, 0.25) is 0 Å². The number of rotatable bonds is 0. The molecule has 0 N–H and O–H groups in total. The van der Waals surface area contributed by atoms with Gasteiger partial charge >= 0.3 is 0 Å². The first-order valence-corrected chi connectivity index (χ1v) is 3.53. The molecule has 0 bridgehead atoms. The lowest BCUT2D eigenvalue weighted by molar-refractivity contribution is 0.798. The molecule has 0 radical (unpaired) electrons. The summed E-state index contributed by atoms with van der Waals surface area (Å²) >= 11 is 0. The number of fused-ring (bicyclic) bond motifs is 1. The summed E-state index contributed by atoms with van der Waals surface area (Å²) in [6.07, 6.45) is 1.76. The van der Waals surface area contributed by atoms with Gasteiger partial charge in [0.25, 0.3) is 0 Å². The van der Waals surface area contributed by atoms with Gasteiger partial charge < -0.3 is 0 Å². The predicted octanol–water partition coefficient (Wildman–Crippen LogP) is -0.773. The van der Waals surface area contributed by atoms with E-state index in [1.54, 1.807) is 6.20 Å². The molecule has 0 fully saturated rings. The molecular weight excluding hydrogens is 137 g/mol. The number of aryl methyl sites for hydroxylation is 1. The first-order valence-electron chi connectivity index (χ1n) is 3.53. The van der Waals surface area contributed by atoms with Gasteiger partial charge in [-0.05, 0) is 12.1 Å². The second-order valence-electron chi connectivity index (χ2n) is 2.58. The van der Waals surface area contributed by atoms with Gasteiger partial charge in [-0.15, -0.1) is 0 Å². The topological polar surface area (TPSA) is 30.7 Å². The molecule has 2 rings (SSSR count). The first kappa shape index (κ1) is 6.40. The van der Waals surface area contributed by atoms with E-state index in [2.05, 4.69) is 10.1 Å². The molecule has 0 saturated heterocycles. The Morgan fingerprint density at radius 1 is 1.55 bits per heavy atom. The first-order chi connectivity index (χ1) is 5.29. The van der Waals surface area contributed by atoms with Crippen LogP contribution in [0, 0.1) is 0 Å². The molecule has 3 nitrogen and oxygen atoms in total. The maximum atomic E-state index is 4.22. The Morgan fingerprint density at radius 3 is 3.09 bits per heavy atom. The second-order valence-corrected chi connectivity index (χ2v) is 2.58. The molecule has 11 heavy (non-hydrogen) atoms. The van der Waals surface area contributed by atoms with E-state index < -0.39 is 0 Å². The number of pyridine rings is 1. The number of hydrogen-bond acceptors (Lipinski definition) is 2. The molecule has 54 valence electrons. The van der Waals surface area contributed by atoms with Crippen molar-refractivity contribution >= 4 is 24.5 Å². The minimum Gasteiger partial charge on any atom is -0.280 e. The maximum Gasteiger partial charge on any atom is 0.180 e. The molecule has 0 spiro atoms. The Balaban J connectivity index is 2.92. The number of hydrogen-bond donors (Lipinski definition) is 0. The van der Waals surface area contributed by atoms with Crippen LogP contribution in [-0.4, -0.2) is 22.6 Å². The van der Waals surface area contributed by atoms with Crippen LogP contribution in [0.3, 0.4) is 0 Å². The van der Waals surface area contributed by atoms with Crippen LogP contribution in [-0.2, 0) is 7.05 Å². The highest BCUT2D eigenvalue weighted by Gasteiger charge is 2.02. The van der Waals surface area contributed by atoms with Crippen molar-refractivity contribution < 1.29 is 0 Å². The van der Waals surface area contributed by atoms with Gasteiger partial charge in [-0.25, -0.2) is 4.98 Å². The Morgan fingerprint density at radius 2 is 2.36 bits per heavy atom. The second kappa shape index (κ2) is 2.08. The maximum absolute atomic E-state index is 4.22. The lowest BCUT2D eigenvalue weighted by atomic mass is 10.0. The van der Waals surface area contributed by atoms with Gasteiger partial charge in [0.1, 0.15) is 0 Å². The van der Waals surface area contributed by atoms with Gasteiger partial charge in [-0.2, -0.15) is 5.10 Å². The zero-order valence-electron chi connectivity index (χ0n) is 6.57. The summed E-state index contributed by atoms with van der Waals surface area (Å²) in [5, 5.41) is 5.35. The molecule has 0 aromatic carbocycles. The molecule has 4 heteroatoms. The SMILES string of the molecule is Bc1c2cccnc2nn1C. The van der Waals surface area contributed by atoms with Crippen LogP contribution >= 0.6 is 0 Å². The molecule has 0 aliphatic heterocycles. The highest BCUT2D eigenvalue weighted by atomic mass is 15.3. The normalized spacial score (nSPS) is 10.6. The summed E-state index contributed by atoms with van der Waals surface area (Å²) in [4.78, 5) is 4.13. The van der Waals surface area contributed by atoms with E-state index in [1.165, 1.54) is 0 Å². The Kier molecular flexibility index (Phi) is 1.21. The summed E-state index contributed by atoms with van der Waals surface area (Å²) in [5.74, 6) is 0. The van der Waals surface area contributed by atoms with Crippen molar-refractivity contribution in [3.63, 3.8) is 0 Å². The molecule has 0 unspecified atom stereocenters. The van der Waals surface area contributed by atoms with Crippen molar-refractivity contribution in [3.8, 4) is 0 Å². The predicted molar refractivity (Wildman–Crippen MR) is 46.7 cm³/mol. The van der Waals surface area contributed by atoms with E-state index in [1.807, 2.05) is 31.7 Å². The van der Waals surface area contributed by atoms with Crippen LogP contribution in [0.2, 0.25) is 0 Å². The molecule has 2 heterocycles. The average molecular weight is 145 g/mol. The monoisotopic (exact) mass is 145 g/mol. The minimum atomic E-state index is 0.826. The third-order valence-corrected chi connectivity index (χ3v) is 1.91. The summed E-state index contributed by atoms with van der Waals surface area (Å²) in [6.45, 7) is 0. The Labute approximate surface area is 65.5 Å². The third kappa shape index (κ3) is 0.825. The summed E-state index contributed by atoms with van der Waals surface area (Å²) < 4.78 is 1.84. The molecule has 0 aliphatic carbocycles. The van der Waals surface area contributed by atoms with Crippen molar-refractivity contribution in [2.75, 3.05) is 0 Å². The van der Waals surface area contributed by atoms with E-state index in [0.29, 0.717) is 0 Å². The molecule has 0 amide bonds. The van der Waals surface area contributed by atoms with Gasteiger partial charge in [0.05, 0.1) is 0 Å². The van der Waals surface area contributed by atoms with Crippen LogP contribution in [0.25, 0.3) is 11.0 Å². The van der Waals surface area contributed by atoms with Gasteiger partial charge in [0, 0.05) is 24.2 Å². The van der Waals surface area contributed by atoms with Crippen molar-refractivity contribution in [2.45, 2.75) is 0 Å². The average Bonchev–Trinajstić information content (AvgIpc) is 2.30. The van der Waals surface area contributed by atoms with E-state index in [-0.39, 0.29) is 0 Å². The standard InChI is InChI=1S/C7H8BN3/c1-11-6(8)5-3-2-4-9-7(5)10-11/h2-4H,8H2,1H3. The fourth-order valence-corrected chi connectivity index (χ4v) is 1.15. The lowest BCUT2D eigenvalue weighted by Gasteiger charge is -1.89. The zero-order chi connectivity index (χ0) is 7.84. The molecule has 2 aromatic heterocycles. The highest BCUT2D eigenvalue weighted by Crippen LogP contribution is 2.02. The van der Waals surface area contributed by atoms with Gasteiger partial charge in [-0.1, -0.05) is 0 Å². The fraction of sp³-hybridized carbons (Fsp3) is 0.143. The summed E-state index contributed by atoms with van der Waals surface area (Å²) in [6, 6.07) is 3.96. The highest BCUT2D eigenvalue weighted by molar-refractivity contribution is 6.37. The number of aromatic nitrogens is 3. The summed E-state index contributed by atoms with van der Waals surface area (Å²) in [7, 11) is 3.97. The van der Waals surface area contributed by atoms with Crippen LogP contribution < -0.4 is 5.59 Å². The van der Waals surface area contributed by atoms with Crippen molar-refractivity contribution in [1.29, 1.82) is 0 Å². The van der Waals surface area contributed by atoms with Crippen LogP contribution in [0.4, 0.5) is 0 Å². The molecule has 0 atom stereocenters. The van der Waals surface area contributed by atoms with E-state index in [4.69, 9.17) is 0 Å². The summed E-state index contributed by atoms with van der Waals surface area (Å²) in [5.41, 5.74) is 1.99. The smallest absolute Gasteiger partial charge is 0.180 e. The molecular formula is C7H8BN3. The fourth-order valence-electron chi connectivity index (χ4n) is 1.15. The van der Waals surface area contributed by atoms with E-state index >= 15 is 0 Å². The van der Waals surface area contributed by atoms with Crippen LogP contribution in [0.5, 0.6) is 0 Å². The molecule has 0 aliphatic rings. The van der Waals surface area contributed by atoms with E-state index in [9.17, 15) is 0 Å². The van der Waals surface area contributed by atoms with Crippen molar-refractivity contribution in [1.82, 2.24) is 14.8 Å². The Hall–Kier alpha value is -1.32. The Bertz CT molecular complexity index is 393.